The summed E-state index contributed by atoms with van der Waals surface area (Å²) in [4.78, 5) is 26.3. The molecule has 20 heavy (non-hydrogen) atoms. The van der Waals surface area contributed by atoms with Crippen LogP contribution in [0, 0.1) is 23.7 Å². The molecule has 1 heterocycles. The molecule has 1 aliphatic heterocycles. The Morgan fingerprint density at radius 2 is 1.95 bits per heavy atom. The molecule has 2 aliphatic rings. The number of nitriles is 1. The number of aryl methyl sites for hydroxylation is 1. The van der Waals surface area contributed by atoms with Crippen molar-refractivity contribution < 1.29 is 9.59 Å². The van der Waals surface area contributed by atoms with Crippen LogP contribution in [0.3, 0.4) is 0 Å². The molecule has 0 aromatic heterocycles. The number of amides is 2. The predicted octanol–water partition coefficient (Wildman–Crippen LogP) is 2.69. The number of nitrogens with zero attached hydrogens (tertiary/aromatic N) is 2. The van der Waals surface area contributed by atoms with E-state index in [0.717, 1.165) is 31.2 Å². The van der Waals surface area contributed by atoms with Crippen LogP contribution in [0.5, 0.6) is 0 Å². The highest BCUT2D eigenvalue weighted by Crippen LogP contribution is 2.48. The number of anilines is 1. The Bertz CT molecular complexity index is 636. The van der Waals surface area contributed by atoms with Gasteiger partial charge in [0, 0.05) is 6.42 Å². The first-order valence-electron chi connectivity index (χ1n) is 6.96. The normalized spacial score (nSPS) is 20.7. The maximum atomic E-state index is 12.7. The smallest absolute Gasteiger partial charge is 0.240 e. The maximum absolute atomic E-state index is 12.7. The Kier molecular flexibility index (Phi) is 2.86. The van der Waals surface area contributed by atoms with Gasteiger partial charge >= 0.3 is 0 Å². The highest BCUT2D eigenvalue weighted by molar-refractivity contribution is 6.23. The van der Waals surface area contributed by atoms with Crippen LogP contribution in [-0.2, 0) is 9.59 Å². The topological polar surface area (TPSA) is 61.2 Å². The van der Waals surface area contributed by atoms with Crippen molar-refractivity contribution in [3.63, 3.8) is 0 Å². The van der Waals surface area contributed by atoms with Gasteiger partial charge in [0.05, 0.1) is 16.7 Å². The number of imide groups is 1. The van der Waals surface area contributed by atoms with Gasteiger partial charge in [-0.25, -0.2) is 4.90 Å². The van der Waals surface area contributed by atoms with E-state index in [4.69, 9.17) is 0 Å². The van der Waals surface area contributed by atoms with Crippen LogP contribution in [0.2, 0.25) is 0 Å². The molecule has 1 aromatic rings. The number of carbonyl (C=O) groups excluding carboxylic acids is 2. The summed E-state index contributed by atoms with van der Waals surface area (Å²) in [5.41, 5.74) is 1.17. The largest absolute Gasteiger partial charge is 0.274 e. The molecule has 0 N–H and O–H groups in total. The van der Waals surface area contributed by atoms with Gasteiger partial charge in [0.2, 0.25) is 11.8 Å². The third kappa shape index (κ3) is 1.66. The quantitative estimate of drug-likeness (QED) is 0.736. The van der Waals surface area contributed by atoms with E-state index < -0.39 is 5.41 Å². The third-order valence-electron chi connectivity index (χ3n) is 4.56. The van der Waals surface area contributed by atoms with Crippen molar-refractivity contribution in [1.82, 2.24) is 0 Å². The highest BCUT2D eigenvalue weighted by Gasteiger charge is 2.53. The standard InChI is InChI=1S/C16H16N2O2/c1-11-5-4-6-13(12(11)10-17)18-14(19)9-16(15(18)20)7-2-3-8-16/h4-6H,2-3,7-9H2,1H3. The summed E-state index contributed by atoms with van der Waals surface area (Å²) < 4.78 is 0. The van der Waals surface area contributed by atoms with Crippen LogP contribution in [0.25, 0.3) is 0 Å². The van der Waals surface area contributed by atoms with Gasteiger partial charge in [-0.2, -0.15) is 5.26 Å². The summed E-state index contributed by atoms with van der Waals surface area (Å²) in [6.45, 7) is 1.82. The summed E-state index contributed by atoms with van der Waals surface area (Å²) >= 11 is 0. The zero-order valence-corrected chi connectivity index (χ0v) is 11.5. The third-order valence-corrected chi connectivity index (χ3v) is 4.56. The molecule has 1 aliphatic carbocycles. The van der Waals surface area contributed by atoms with Crippen LogP contribution in [0.4, 0.5) is 5.69 Å². The lowest BCUT2D eigenvalue weighted by Crippen LogP contribution is -2.35. The number of hydrogen-bond acceptors (Lipinski definition) is 3. The SMILES string of the molecule is Cc1cccc(N2C(=O)CC3(CCCC3)C2=O)c1C#N. The van der Waals surface area contributed by atoms with E-state index in [9.17, 15) is 14.9 Å². The Morgan fingerprint density at radius 3 is 2.60 bits per heavy atom. The molecule has 2 amide bonds. The lowest BCUT2D eigenvalue weighted by atomic mass is 9.84. The predicted molar refractivity (Wildman–Crippen MR) is 73.9 cm³/mol. The van der Waals surface area contributed by atoms with Crippen LogP contribution in [0.15, 0.2) is 18.2 Å². The molecule has 2 fully saturated rings. The summed E-state index contributed by atoms with van der Waals surface area (Å²) in [6.07, 6.45) is 3.89. The van der Waals surface area contributed by atoms with E-state index in [1.54, 1.807) is 12.1 Å². The van der Waals surface area contributed by atoms with Crippen molar-refractivity contribution in [2.75, 3.05) is 4.90 Å². The molecular weight excluding hydrogens is 252 g/mol. The summed E-state index contributed by atoms with van der Waals surface area (Å²) in [7, 11) is 0. The van der Waals surface area contributed by atoms with Gasteiger partial charge < -0.3 is 0 Å². The molecule has 1 spiro atoms. The molecule has 1 saturated carbocycles. The van der Waals surface area contributed by atoms with Gasteiger partial charge in [-0.1, -0.05) is 25.0 Å². The Balaban J connectivity index is 2.08. The highest BCUT2D eigenvalue weighted by atomic mass is 16.2. The van der Waals surface area contributed by atoms with Crippen molar-refractivity contribution >= 4 is 17.5 Å². The molecule has 0 unspecified atom stereocenters. The summed E-state index contributed by atoms with van der Waals surface area (Å²) in [5.74, 6) is -0.277. The van der Waals surface area contributed by atoms with Gasteiger partial charge in [0.25, 0.3) is 0 Å². The molecule has 102 valence electrons. The van der Waals surface area contributed by atoms with Crippen molar-refractivity contribution in [1.29, 1.82) is 5.26 Å². The minimum Gasteiger partial charge on any atom is -0.274 e. The van der Waals surface area contributed by atoms with Crippen molar-refractivity contribution in [3.05, 3.63) is 29.3 Å². The number of rotatable bonds is 1. The Labute approximate surface area is 118 Å². The molecule has 0 atom stereocenters. The van der Waals surface area contributed by atoms with Crippen LogP contribution in [0.1, 0.15) is 43.2 Å². The number of carbonyl (C=O) groups is 2. The molecule has 0 radical (unpaired) electrons. The van der Waals surface area contributed by atoms with Crippen LogP contribution >= 0.6 is 0 Å². The lowest BCUT2D eigenvalue weighted by Gasteiger charge is -2.21. The fraction of sp³-hybridized carbons (Fsp3) is 0.438. The molecule has 4 heteroatoms. The van der Waals surface area contributed by atoms with Gasteiger partial charge in [-0.3, -0.25) is 9.59 Å². The minimum absolute atomic E-state index is 0.109. The zero-order valence-electron chi connectivity index (χ0n) is 11.5. The molecule has 0 bridgehead atoms. The molecule has 1 saturated heterocycles. The minimum atomic E-state index is -0.493. The van der Waals surface area contributed by atoms with E-state index in [1.807, 2.05) is 13.0 Å². The van der Waals surface area contributed by atoms with E-state index in [2.05, 4.69) is 6.07 Å². The van der Waals surface area contributed by atoms with Crippen molar-refractivity contribution in [2.45, 2.75) is 39.0 Å². The van der Waals surface area contributed by atoms with Gasteiger partial charge in [0.15, 0.2) is 0 Å². The van der Waals surface area contributed by atoms with Crippen LogP contribution < -0.4 is 4.90 Å². The second-order valence-electron chi connectivity index (χ2n) is 5.78. The molecular formula is C16H16N2O2. The fourth-order valence-corrected chi connectivity index (χ4v) is 3.46. The molecule has 3 rings (SSSR count). The van der Waals surface area contributed by atoms with E-state index in [-0.39, 0.29) is 11.8 Å². The van der Waals surface area contributed by atoms with Crippen LogP contribution in [-0.4, -0.2) is 11.8 Å². The molecule has 4 nitrogen and oxygen atoms in total. The monoisotopic (exact) mass is 268 g/mol. The Hall–Kier alpha value is -2.15. The average molecular weight is 268 g/mol. The average Bonchev–Trinajstić information content (AvgIpc) is 2.97. The first kappa shape index (κ1) is 12.9. The fourth-order valence-electron chi connectivity index (χ4n) is 3.46. The van der Waals surface area contributed by atoms with Crippen molar-refractivity contribution in [3.8, 4) is 6.07 Å². The first-order chi connectivity index (χ1) is 9.59. The van der Waals surface area contributed by atoms with E-state index >= 15 is 0 Å². The zero-order chi connectivity index (χ0) is 14.3. The van der Waals surface area contributed by atoms with E-state index in [0.29, 0.717) is 17.7 Å². The second kappa shape index (κ2) is 4.45. The van der Waals surface area contributed by atoms with Crippen molar-refractivity contribution in [2.24, 2.45) is 5.41 Å². The van der Waals surface area contributed by atoms with Gasteiger partial charge in [0.1, 0.15) is 6.07 Å². The van der Waals surface area contributed by atoms with E-state index in [1.165, 1.54) is 4.90 Å². The number of benzene rings is 1. The second-order valence-corrected chi connectivity index (χ2v) is 5.78. The van der Waals surface area contributed by atoms with Gasteiger partial charge in [-0.05, 0) is 31.4 Å². The lowest BCUT2D eigenvalue weighted by molar-refractivity contribution is -0.125. The Morgan fingerprint density at radius 1 is 1.25 bits per heavy atom. The number of hydrogen-bond donors (Lipinski definition) is 0. The first-order valence-corrected chi connectivity index (χ1v) is 6.96. The maximum Gasteiger partial charge on any atom is 0.240 e. The summed E-state index contributed by atoms with van der Waals surface area (Å²) in [5, 5.41) is 9.29. The summed E-state index contributed by atoms with van der Waals surface area (Å²) in [6, 6.07) is 7.41. The van der Waals surface area contributed by atoms with Gasteiger partial charge in [-0.15, -0.1) is 0 Å². The molecule has 1 aromatic carbocycles.